The zero-order chi connectivity index (χ0) is 33.0. The van der Waals surface area contributed by atoms with Crippen LogP contribution in [0.25, 0.3) is 67.2 Å². The predicted molar refractivity (Wildman–Crippen MR) is 211 cm³/mol. The molecule has 0 fully saturated rings. The van der Waals surface area contributed by atoms with E-state index in [1.54, 1.807) is 0 Å². The SMILES string of the molecule is C1=Cc2c(c3ccc4c(c3n2-c2cccc(-c3ccccc3)c2)-c2ccccc2-c2ccccc2N4c2cccc(-c3ccccc3)c2)CC1. The van der Waals surface area contributed by atoms with Gasteiger partial charge in [-0.3, -0.25) is 0 Å². The molecule has 1 aliphatic heterocycles. The molecule has 236 valence electrons. The fraction of sp³-hybridized carbons (Fsp3) is 0.0417. The Labute approximate surface area is 292 Å². The zero-order valence-electron chi connectivity index (χ0n) is 27.6. The average Bonchev–Trinajstić information content (AvgIpc) is 3.47. The van der Waals surface area contributed by atoms with Crippen LogP contribution in [0.4, 0.5) is 17.1 Å². The maximum absolute atomic E-state index is 2.54. The summed E-state index contributed by atoms with van der Waals surface area (Å²) >= 11 is 0. The molecular weight excluding hydrogens is 605 g/mol. The first-order valence-corrected chi connectivity index (χ1v) is 17.5. The summed E-state index contributed by atoms with van der Waals surface area (Å²) < 4.78 is 2.54. The summed E-state index contributed by atoms with van der Waals surface area (Å²) in [6, 6.07) is 62.1. The highest BCUT2D eigenvalue weighted by atomic mass is 15.2. The van der Waals surface area contributed by atoms with Crippen LogP contribution >= 0.6 is 0 Å². The van der Waals surface area contributed by atoms with Crippen molar-refractivity contribution < 1.29 is 0 Å². The third-order valence-electron chi connectivity index (χ3n) is 10.4. The van der Waals surface area contributed by atoms with Crippen LogP contribution in [0.2, 0.25) is 0 Å². The first kappa shape index (κ1) is 28.6. The Hall–Kier alpha value is -6.38. The van der Waals surface area contributed by atoms with E-state index in [1.165, 1.54) is 83.7 Å². The van der Waals surface area contributed by atoms with Crippen molar-refractivity contribution in [2.45, 2.75) is 12.8 Å². The van der Waals surface area contributed by atoms with Crippen molar-refractivity contribution in [3.05, 3.63) is 187 Å². The lowest BCUT2D eigenvalue weighted by Gasteiger charge is -2.28. The second kappa shape index (κ2) is 11.6. The van der Waals surface area contributed by atoms with Gasteiger partial charge in [0.1, 0.15) is 0 Å². The first-order valence-electron chi connectivity index (χ1n) is 17.5. The topological polar surface area (TPSA) is 8.17 Å². The fourth-order valence-corrected chi connectivity index (χ4v) is 8.18. The molecule has 0 radical (unpaired) electrons. The Bertz CT molecular complexity index is 2590. The lowest BCUT2D eigenvalue weighted by atomic mass is 9.92. The first-order chi connectivity index (χ1) is 24.8. The van der Waals surface area contributed by atoms with Gasteiger partial charge in [0.05, 0.1) is 16.9 Å². The molecule has 0 saturated carbocycles. The Morgan fingerprint density at radius 2 is 1.04 bits per heavy atom. The molecule has 2 nitrogen and oxygen atoms in total. The fourth-order valence-electron chi connectivity index (χ4n) is 8.18. The largest absolute Gasteiger partial charge is 0.309 e. The number of rotatable bonds is 4. The molecule has 0 bridgehead atoms. The predicted octanol–water partition coefficient (Wildman–Crippen LogP) is 13.0. The zero-order valence-corrected chi connectivity index (χ0v) is 27.6. The molecule has 50 heavy (non-hydrogen) atoms. The van der Waals surface area contributed by atoms with Gasteiger partial charge in [0.2, 0.25) is 0 Å². The number of benzene rings is 7. The van der Waals surface area contributed by atoms with Gasteiger partial charge in [0.25, 0.3) is 0 Å². The molecular formula is C48H34N2. The molecule has 0 spiro atoms. The molecule has 0 amide bonds. The second-order valence-corrected chi connectivity index (χ2v) is 13.2. The Morgan fingerprint density at radius 3 is 1.78 bits per heavy atom. The van der Waals surface area contributed by atoms with Gasteiger partial charge in [-0.15, -0.1) is 0 Å². The lowest BCUT2D eigenvalue weighted by Crippen LogP contribution is -2.11. The number of anilines is 3. The van der Waals surface area contributed by atoms with Crippen molar-refractivity contribution in [3.63, 3.8) is 0 Å². The molecule has 0 N–H and O–H groups in total. The van der Waals surface area contributed by atoms with E-state index in [-0.39, 0.29) is 0 Å². The molecule has 0 saturated heterocycles. The van der Waals surface area contributed by atoms with Crippen LogP contribution in [-0.2, 0) is 6.42 Å². The molecule has 2 heterocycles. The quantitative estimate of drug-likeness (QED) is 0.186. The van der Waals surface area contributed by atoms with Crippen molar-refractivity contribution in [2.75, 3.05) is 4.90 Å². The van der Waals surface area contributed by atoms with Gasteiger partial charge in [0, 0.05) is 33.6 Å². The maximum Gasteiger partial charge on any atom is 0.0637 e. The van der Waals surface area contributed by atoms with E-state index in [4.69, 9.17) is 0 Å². The minimum Gasteiger partial charge on any atom is -0.309 e. The van der Waals surface area contributed by atoms with Crippen molar-refractivity contribution in [3.8, 4) is 50.2 Å². The van der Waals surface area contributed by atoms with Crippen molar-refractivity contribution >= 4 is 34.0 Å². The Kier molecular flexibility index (Phi) is 6.67. The highest BCUT2D eigenvalue weighted by molar-refractivity contribution is 6.13. The van der Waals surface area contributed by atoms with Crippen LogP contribution in [0.15, 0.2) is 176 Å². The monoisotopic (exact) mass is 638 g/mol. The molecule has 10 rings (SSSR count). The molecule has 2 heteroatoms. The summed E-state index contributed by atoms with van der Waals surface area (Å²) in [5.74, 6) is 0. The summed E-state index contributed by atoms with van der Waals surface area (Å²) in [6.07, 6.45) is 6.76. The number of para-hydroxylation sites is 1. The molecule has 7 aromatic carbocycles. The summed E-state index contributed by atoms with van der Waals surface area (Å²) in [4.78, 5) is 2.49. The molecule has 8 aromatic rings. The summed E-state index contributed by atoms with van der Waals surface area (Å²) in [5.41, 5.74) is 18.5. The molecule has 2 aliphatic rings. The highest BCUT2D eigenvalue weighted by Crippen LogP contribution is 2.54. The third-order valence-corrected chi connectivity index (χ3v) is 10.4. The summed E-state index contributed by atoms with van der Waals surface area (Å²) in [7, 11) is 0. The molecule has 0 atom stereocenters. The standard InChI is InChI=1S/C48H34N2/c1-3-15-33(16-4-1)35-19-13-21-37(31-35)49-44-27-11-9-24-40(44)39-23-7-8-26-42(39)47-46(49)30-29-43-41-25-10-12-28-45(41)50(48(43)47)38-22-14-20-36(32-38)34-17-5-2-6-18-34/h1-9,11-24,26-32H,10,25H2. The smallest absolute Gasteiger partial charge is 0.0637 e. The molecule has 1 aliphatic carbocycles. The van der Waals surface area contributed by atoms with E-state index in [1.807, 2.05) is 0 Å². The van der Waals surface area contributed by atoms with Crippen molar-refractivity contribution in [1.29, 1.82) is 0 Å². The van der Waals surface area contributed by atoms with E-state index in [2.05, 4.69) is 191 Å². The van der Waals surface area contributed by atoms with Gasteiger partial charge in [-0.05, 0) is 94.3 Å². The van der Waals surface area contributed by atoms with Crippen molar-refractivity contribution in [2.24, 2.45) is 0 Å². The molecule has 1 aromatic heterocycles. The van der Waals surface area contributed by atoms with Gasteiger partial charge in [-0.1, -0.05) is 140 Å². The van der Waals surface area contributed by atoms with Gasteiger partial charge in [-0.25, -0.2) is 0 Å². The number of allylic oxidation sites excluding steroid dienone is 1. The van der Waals surface area contributed by atoms with Crippen LogP contribution in [-0.4, -0.2) is 4.57 Å². The second-order valence-electron chi connectivity index (χ2n) is 13.2. The van der Waals surface area contributed by atoms with Gasteiger partial charge in [0.15, 0.2) is 0 Å². The molecule has 0 unspecified atom stereocenters. The number of fused-ring (bicyclic) bond motifs is 9. The van der Waals surface area contributed by atoms with E-state index in [0.29, 0.717) is 0 Å². The Balaban J connectivity index is 1.31. The highest BCUT2D eigenvalue weighted by Gasteiger charge is 2.31. The minimum absolute atomic E-state index is 1.03. The maximum atomic E-state index is 2.54. The van der Waals surface area contributed by atoms with Crippen molar-refractivity contribution in [1.82, 2.24) is 4.57 Å². The van der Waals surface area contributed by atoms with Gasteiger partial charge < -0.3 is 9.47 Å². The van der Waals surface area contributed by atoms with Crippen LogP contribution in [0.3, 0.4) is 0 Å². The third kappa shape index (κ3) is 4.49. The summed E-state index contributed by atoms with van der Waals surface area (Å²) in [6.45, 7) is 0. The van der Waals surface area contributed by atoms with E-state index < -0.39 is 0 Å². The number of hydrogen-bond donors (Lipinski definition) is 0. The van der Waals surface area contributed by atoms with Crippen LogP contribution < -0.4 is 4.90 Å². The van der Waals surface area contributed by atoms with Crippen LogP contribution in [0.5, 0.6) is 0 Å². The van der Waals surface area contributed by atoms with E-state index in [9.17, 15) is 0 Å². The Morgan fingerprint density at radius 1 is 0.440 bits per heavy atom. The number of aryl methyl sites for hydroxylation is 1. The minimum atomic E-state index is 1.03. The average molecular weight is 639 g/mol. The van der Waals surface area contributed by atoms with Gasteiger partial charge >= 0.3 is 0 Å². The number of hydrogen-bond acceptors (Lipinski definition) is 1. The van der Waals surface area contributed by atoms with Crippen LogP contribution in [0, 0.1) is 0 Å². The van der Waals surface area contributed by atoms with E-state index >= 15 is 0 Å². The van der Waals surface area contributed by atoms with Gasteiger partial charge in [-0.2, -0.15) is 0 Å². The van der Waals surface area contributed by atoms with E-state index in [0.717, 1.165) is 18.5 Å². The normalized spacial score (nSPS) is 12.9. The number of nitrogens with zero attached hydrogens (tertiary/aromatic N) is 2. The summed E-state index contributed by atoms with van der Waals surface area (Å²) in [5, 5.41) is 1.33. The lowest BCUT2D eigenvalue weighted by molar-refractivity contribution is 0.968. The number of aromatic nitrogens is 1. The van der Waals surface area contributed by atoms with Crippen LogP contribution in [0.1, 0.15) is 17.7 Å².